The minimum absolute atomic E-state index is 0.0809. The number of benzene rings is 1. The molecule has 0 radical (unpaired) electrons. The topological polar surface area (TPSA) is 42.2 Å². The summed E-state index contributed by atoms with van der Waals surface area (Å²) >= 11 is 0. The van der Waals surface area contributed by atoms with Gasteiger partial charge in [-0.2, -0.15) is 0 Å². The van der Waals surface area contributed by atoms with Crippen molar-refractivity contribution in [2.24, 2.45) is 0 Å². The summed E-state index contributed by atoms with van der Waals surface area (Å²) in [6.45, 7) is 1.80. The van der Waals surface area contributed by atoms with Gasteiger partial charge in [-0.3, -0.25) is 9.36 Å². The minimum Gasteiger partial charge on any atom is -0.508 e. The second kappa shape index (κ2) is 3.61. The van der Waals surface area contributed by atoms with Crippen molar-refractivity contribution in [1.29, 1.82) is 0 Å². The van der Waals surface area contributed by atoms with E-state index in [1.165, 1.54) is 10.6 Å². The highest BCUT2D eigenvalue weighted by atomic mass is 16.3. The number of nitrogens with zero attached hydrogens (tertiary/aromatic N) is 1. The average molecular weight is 201 g/mol. The van der Waals surface area contributed by atoms with Crippen LogP contribution in [0.4, 0.5) is 0 Å². The maximum Gasteiger partial charge on any atom is 0.255 e. The van der Waals surface area contributed by atoms with Gasteiger partial charge < -0.3 is 5.11 Å². The number of aromatic hydroxyl groups is 1. The Morgan fingerprint density at radius 2 is 2.00 bits per heavy atom. The van der Waals surface area contributed by atoms with Crippen molar-refractivity contribution in [3.05, 3.63) is 58.5 Å². The van der Waals surface area contributed by atoms with Crippen molar-refractivity contribution in [2.45, 2.75) is 6.92 Å². The Hall–Kier alpha value is -2.03. The first-order chi connectivity index (χ1) is 7.18. The van der Waals surface area contributed by atoms with E-state index in [1.54, 1.807) is 43.5 Å². The lowest BCUT2D eigenvalue weighted by Gasteiger charge is -2.06. The van der Waals surface area contributed by atoms with Gasteiger partial charge >= 0.3 is 0 Å². The van der Waals surface area contributed by atoms with Gasteiger partial charge in [-0.1, -0.05) is 6.07 Å². The molecule has 1 aromatic heterocycles. The SMILES string of the molecule is Cc1cc(-n2ccccc2=O)ccc1O. The van der Waals surface area contributed by atoms with E-state index in [1.807, 2.05) is 0 Å². The van der Waals surface area contributed by atoms with Gasteiger partial charge in [-0.15, -0.1) is 0 Å². The summed E-state index contributed by atoms with van der Waals surface area (Å²) in [7, 11) is 0. The highest BCUT2D eigenvalue weighted by molar-refractivity contribution is 5.42. The Balaban J connectivity index is 2.60. The molecule has 2 rings (SSSR count). The fraction of sp³-hybridized carbons (Fsp3) is 0.0833. The van der Waals surface area contributed by atoms with E-state index in [9.17, 15) is 9.90 Å². The lowest BCUT2D eigenvalue weighted by molar-refractivity contribution is 0.471. The monoisotopic (exact) mass is 201 g/mol. The number of phenolic OH excluding ortho intramolecular Hbond substituents is 1. The molecule has 0 aliphatic heterocycles. The van der Waals surface area contributed by atoms with Gasteiger partial charge in [-0.25, -0.2) is 0 Å². The molecule has 0 spiro atoms. The van der Waals surface area contributed by atoms with Crippen LogP contribution in [0.5, 0.6) is 5.75 Å². The third kappa shape index (κ3) is 1.76. The minimum atomic E-state index is -0.0809. The predicted octanol–water partition coefficient (Wildman–Crippen LogP) is 1.85. The van der Waals surface area contributed by atoms with E-state index in [0.717, 1.165) is 11.3 Å². The van der Waals surface area contributed by atoms with Crippen LogP contribution in [-0.2, 0) is 0 Å². The Morgan fingerprint density at radius 1 is 1.20 bits per heavy atom. The van der Waals surface area contributed by atoms with Crippen molar-refractivity contribution in [3.8, 4) is 11.4 Å². The van der Waals surface area contributed by atoms with Crippen LogP contribution < -0.4 is 5.56 Å². The maximum absolute atomic E-state index is 11.5. The predicted molar refractivity (Wildman–Crippen MR) is 58.4 cm³/mol. The van der Waals surface area contributed by atoms with Gasteiger partial charge in [0.05, 0.1) is 0 Å². The molecule has 0 saturated heterocycles. The van der Waals surface area contributed by atoms with E-state index in [2.05, 4.69) is 0 Å². The Bertz CT molecular complexity index is 543. The summed E-state index contributed by atoms with van der Waals surface area (Å²) in [5.74, 6) is 0.239. The van der Waals surface area contributed by atoms with Crippen LogP contribution in [0.1, 0.15) is 5.56 Å². The number of aryl methyl sites for hydroxylation is 1. The van der Waals surface area contributed by atoms with E-state index >= 15 is 0 Å². The normalized spacial score (nSPS) is 10.2. The zero-order chi connectivity index (χ0) is 10.8. The molecule has 0 aliphatic carbocycles. The molecule has 0 aliphatic rings. The number of rotatable bonds is 1. The second-order valence-electron chi connectivity index (χ2n) is 3.38. The lowest BCUT2D eigenvalue weighted by Crippen LogP contribution is -2.15. The van der Waals surface area contributed by atoms with Crippen LogP contribution in [0.25, 0.3) is 5.69 Å². The second-order valence-corrected chi connectivity index (χ2v) is 3.38. The molecular formula is C12H11NO2. The number of phenols is 1. The summed E-state index contributed by atoms with van der Waals surface area (Å²) in [6.07, 6.45) is 1.70. The Morgan fingerprint density at radius 3 is 2.67 bits per heavy atom. The summed E-state index contributed by atoms with van der Waals surface area (Å²) in [5, 5.41) is 9.37. The van der Waals surface area contributed by atoms with Crippen molar-refractivity contribution >= 4 is 0 Å². The first kappa shape index (κ1) is 9.52. The fourth-order valence-electron chi connectivity index (χ4n) is 1.43. The van der Waals surface area contributed by atoms with Crippen molar-refractivity contribution in [2.75, 3.05) is 0 Å². The lowest BCUT2D eigenvalue weighted by atomic mass is 10.2. The highest BCUT2D eigenvalue weighted by Gasteiger charge is 2.00. The standard InChI is InChI=1S/C12H11NO2/c1-9-8-10(5-6-11(9)14)13-7-3-2-4-12(13)15/h2-8,14H,1H3. The van der Waals surface area contributed by atoms with Crippen LogP contribution in [0.15, 0.2) is 47.4 Å². The molecule has 3 nitrogen and oxygen atoms in total. The largest absolute Gasteiger partial charge is 0.508 e. The van der Waals surface area contributed by atoms with Gasteiger partial charge in [0.15, 0.2) is 0 Å². The molecule has 0 bridgehead atoms. The van der Waals surface area contributed by atoms with Crippen LogP contribution in [0.2, 0.25) is 0 Å². The van der Waals surface area contributed by atoms with Gasteiger partial charge in [0, 0.05) is 18.0 Å². The molecule has 0 saturated carbocycles. The van der Waals surface area contributed by atoms with Crippen molar-refractivity contribution < 1.29 is 5.11 Å². The number of aromatic nitrogens is 1. The molecule has 3 heteroatoms. The Labute approximate surface area is 87.2 Å². The zero-order valence-corrected chi connectivity index (χ0v) is 8.34. The summed E-state index contributed by atoms with van der Waals surface area (Å²) < 4.78 is 1.53. The molecule has 15 heavy (non-hydrogen) atoms. The van der Waals surface area contributed by atoms with Gasteiger partial charge in [0.2, 0.25) is 0 Å². The molecule has 0 fully saturated rings. The quantitative estimate of drug-likeness (QED) is 0.765. The molecule has 0 amide bonds. The first-order valence-corrected chi connectivity index (χ1v) is 4.66. The van der Waals surface area contributed by atoms with E-state index in [0.29, 0.717) is 0 Å². The van der Waals surface area contributed by atoms with Crippen LogP contribution in [-0.4, -0.2) is 9.67 Å². The van der Waals surface area contributed by atoms with Crippen molar-refractivity contribution in [1.82, 2.24) is 4.57 Å². The summed E-state index contributed by atoms with van der Waals surface area (Å²) in [5.41, 5.74) is 1.43. The van der Waals surface area contributed by atoms with E-state index in [4.69, 9.17) is 0 Å². The highest BCUT2D eigenvalue weighted by Crippen LogP contribution is 2.18. The third-order valence-electron chi connectivity index (χ3n) is 2.28. The Kier molecular flexibility index (Phi) is 2.29. The maximum atomic E-state index is 11.5. The van der Waals surface area contributed by atoms with Gasteiger partial charge in [0.25, 0.3) is 5.56 Å². The third-order valence-corrected chi connectivity index (χ3v) is 2.28. The molecule has 76 valence electrons. The molecule has 0 unspecified atom stereocenters. The fourth-order valence-corrected chi connectivity index (χ4v) is 1.43. The smallest absolute Gasteiger partial charge is 0.255 e. The number of hydrogen-bond donors (Lipinski definition) is 1. The van der Waals surface area contributed by atoms with Crippen molar-refractivity contribution in [3.63, 3.8) is 0 Å². The van der Waals surface area contributed by atoms with Crippen LogP contribution in [0, 0.1) is 6.92 Å². The molecule has 1 aromatic carbocycles. The first-order valence-electron chi connectivity index (χ1n) is 4.66. The summed E-state index contributed by atoms with van der Waals surface area (Å²) in [6, 6.07) is 10.1. The van der Waals surface area contributed by atoms with E-state index in [-0.39, 0.29) is 11.3 Å². The van der Waals surface area contributed by atoms with Gasteiger partial charge in [-0.05, 0) is 36.8 Å². The molecule has 1 N–H and O–H groups in total. The van der Waals surface area contributed by atoms with E-state index < -0.39 is 0 Å². The van der Waals surface area contributed by atoms with Crippen LogP contribution in [0.3, 0.4) is 0 Å². The van der Waals surface area contributed by atoms with Crippen LogP contribution >= 0.6 is 0 Å². The summed E-state index contributed by atoms with van der Waals surface area (Å²) in [4.78, 5) is 11.5. The number of pyridine rings is 1. The van der Waals surface area contributed by atoms with Gasteiger partial charge in [0.1, 0.15) is 5.75 Å². The zero-order valence-electron chi connectivity index (χ0n) is 8.34. The molecule has 2 aromatic rings. The molecule has 1 heterocycles. The average Bonchev–Trinajstić information content (AvgIpc) is 2.23. The molecule has 0 atom stereocenters. The number of hydrogen-bond acceptors (Lipinski definition) is 2. The molecular weight excluding hydrogens is 190 g/mol.